The lowest BCUT2D eigenvalue weighted by Gasteiger charge is -2.42. The van der Waals surface area contributed by atoms with Crippen LogP contribution in [0.25, 0.3) is 45.0 Å². The van der Waals surface area contributed by atoms with E-state index in [1.165, 1.54) is 32.0 Å². The first-order valence-electron chi connectivity index (χ1n) is 16.9. The van der Waals surface area contributed by atoms with E-state index in [-0.39, 0.29) is 0 Å². The van der Waals surface area contributed by atoms with Gasteiger partial charge in [-0.25, -0.2) is 9.97 Å². The van der Waals surface area contributed by atoms with Crippen molar-refractivity contribution >= 4 is 11.8 Å². The number of nitrogens with zero attached hydrogens (tertiary/aromatic N) is 2. The van der Waals surface area contributed by atoms with Gasteiger partial charge in [0.25, 0.3) is 0 Å². The molecule has 0 bridgehead atoms. The van der Waals surface area contributed by atoms with Crippen LogP contribution in [0.2, 0.25) is 0 Å². The van der Waals surface area contributed by atoms with E-state index < -0.39 is 5.41 Å². The van der Waals surface area contributed by atoms with Crippen LogP contribution in [0.1, 0.15) is 22.3 Å². The summed E-state index contributed by atoms with van der Waals surface area (Å²) in [6, 6.07) is 69.3. The van der Waals surface area contributed by atoms with Crippen LogP contribution in [0, 0.1) is 0 Å². The van der Waals surface area contributed by atoms with Crippen molar-refractivity contribution in [1.29, 1.82) is 0 Å². The smallest absolute Gasteiger partial charge is 0.160 e. The highest BCUT2D eigenvalue weighted by Crippen LogP contribution is 2.56. The zero-order valence-electron chi connectivity index (χ0n) is 27.3. The van der Waals surface area contributed by atoms with E-state index >= 15 is 0 Å². The molecule has 1 aliphatic rings. The average Bonchev–Trinajstić information content (AvgIpc) is 3.21. The van der Waals surface area contributed by atoms with E-state index in [4.69, 9.17) is 9.97 Å². The molecule has 0 fully saturated rings. The molecule has 0 atom stereocenters. The first-order valence-corrected chi connectivity index (χ1v) is 17.7. The summed E-state index contributed by atoms with van der Waals surface area (Å²) >= 11 is 1.86. The molecular formula is C47H32N2S. The summed E-state index contributed by atoms with van der Waals surface area (Å²) in [6.45, 7) is 0. The fourth-order valence-corrected chi connectivity index (χ4v) is 8.49. The summed E-state index contributed by atoms with van der Waals surface area (Å²) in [5.74, 6) is 0.706. The van der Waals surface area contributed by atoms with Crippen LogP contribution in [0.15, 0.2) is 204 Å². The van der Waals surface area contributed by atoms with Gasteiger partial charge in [-0.1, -0.05) is 176 Å². The minimum absolute atomic E-state index is 0.481. The maximum atomic E-state index is 5.12. The number of aromatic nitrogens is 2. The van der Waals surface area contributed by atoms with E-state index in [0.717, 1.165) is 39.2 Å². The minimum atomic E-state index is -0.481. The molecule has 2 nitrogen and oxygen atoms in total. The van der Waals surface area contributed by atoms with Crippen LogP contribution in [0.5, 0.6) is 0 Å². The lowest BCUT2D eigenvalue weighted by atomic mass is 9.64. The van der Waals surface area contributed by atoms with Crippen molar-refractivity contribution < 1.29 is 0 Å². The topological polar surface area (TPSA) is 25.8 Å². The Hall–Kier alpha value is -6.03. The first kappa shape index (κ1) is 30.1. The van der Waals surface area contributed by atoms with Gasteiger partial charge in [0.2, 0.25) is 0 Å². The van der Waals surface area contributed by atoms with Crippen molar-refractivity contribution in [3.8, 4) is 45.0 Å². The lowest BCUT2D eigenvalue weighted by Crippen LogP contribution is -2.34. The van der Waals surface area contributed by atoms with Gasteiger partial charge >= 0.3 is 0 Å². The molecule has 0 saturated heterocycles. The second kappa shape index (κ2) is 12.8. The molecule has 0 radical (unpaired) electrons. The summed E-state index contributed by atoms with van der Waals surface area (Å²) in [7, 11) is 0. The lowest BCUT2D eigenvalue weighted by molar-refractivity contribution is 0.703. The highest BCUT2D eigenvalue weighted by molar-refractivity contribution is 7.99. The maximum absolute atomic E-state index is 5.12. The first-order chi connectivity index (χ1) is 24.8. The Labute approximate surface area is 297 Å². The van der Waals surface area contributed by atoms with E-state index in [2.05, 4.69) is 182 Å². The molecule has 7 aromatic carbocycles. The molecule has 50 heavy (non-hydrogen) atoms. The van der Waals surface area contributed by atoms with Crippen LogP contribution in [-0.4, -0.2) is 9.97 Å². The molecule has 9 rings (SSSR count). The Morgan fingerprint density at radius 2 is 0.820 bits per heavy atom. The predicted molar refractivity (Wildman–Crippen MR) is 206 cm³/mol. The molecule has 236 valence electrons. The van der Waals surface area contributed by atoms with E-state index in [1.807, 2.05) is 23.9 Å². The predicted octanol–water partition coefficient (Wildman–Crippen LogP) is 12.0. The van der Waals surface area contributed by atoms with Crippen molar-refractivity contribution in [3.05, 3.63) is 216 Å². The highest BCUT2D eigenvalue weighted by atomic mass is 32.2. The van der Waals surface area contributed by atoms with E-state index in [1.54, 1.807) is 0 Å². The summed E-state index contributed by atoms with van der Waals surface area (Å²) in [5, 5.41) is 0. The number of hydrogen-bond donors (Lipinski definition) is 0. The van der Waals surface area contributed by atoms with Gasteiger partial charge < -0.3 is 0 Å². The molecule has 3 heteroatoms. The summed E-state index contributed by atoms with van der Waals surface area (Å²) in [5.41, 5.74) is 11.8. The third-order valence-corrected chi connectivity index (χ3v) is 10.8. The molecule has 0 aliphatic carbocycles. The fraction of sp³-hybridized carbons (Fsp3) is 0.0213. The zero-order chi connectivity index (χ0) is 33.3. The Kier molecular flexibility index (Phi) is 7.68. The normalized spacial score (nSPS) is 12.9. The van der Waals surface area contributed by atoms with Gasteiger partial charge in [-0.05, 0) is 63.7 Å². The monoisotopic (exact) mass is 656 g/mol. The van der Waals surface area contributed by atoms with Crippen LogP contribution in [0.4, 0.5) is 0 Å². The molecule has 8 aromatic rings. The summed E-state index contributed by atoms with van der Waals surface area (Å²) in [6.07, 6.45) is 0. The SMILES string of the molecule is c1ccc(-c2cc(-c3ccccc3)nc(-c3cccc(-c4ccc5c(c4)C(c4ccccc4)(c4ccccc4)c4ccccc4S5)c3)n2)cc1. The van der Waals surface area contributed by atoms with Gasteiger partial charge in [-0.2, -0.15) is 0 Å². The van der Waals surface area contributed by atoms with Gasteiger partial charge in [0.15, 0.2) is 5.82 Å². The largest absolute Gasteiger partial charge is 0.228 e. The Bertz CT molecular complexity index is 2350. The zero-order valence-corrected chi connectivity index (χ0v) is 28.1. The Morgan fingerprint density at radius 1 is 0.340 bits per heavy atom. The summed E-state index contributed by atoms with van der Waals surface area (Å²) in [4.78, 5) is 12.8. The minimum Gasteiger partial charge on any atom is -0.228 e. The number of fused-ring (bicyclic) bond motifs is 2. The van der Waals surface area contributed by atoms with Crippen molar-refractivity contribution in [3.63, 3.8) is 0 Å². The molecule has 0 spiro atoms. The van der Waals surface area contributed by atoms with Crippen molar-refractivity contribution in [2.75, 3.05) is 0 Å². The Morgan fingerprint density at radius 3 is 1.44 bits per heavy atom. The molecular weight excluding hydrogens is 625 g/mol. The van der Waals surface area contributed by atoms with Crippen molar-refractivity contribution in [2.45, 2.75) is 15.2 Å². The molecule has 0 unspecified atom stereocenters. The van der Waals surface area contributed by atoms with Crippen molar-refractivity contribution in [2.24, 2.45) is 0 Å². The van der Waals surface area contributed by atoms with E-state index in [9.17, 15) is 0 Å². The number of rotatable bonds is 6. The van der Waals surface area contributed by atoms with Gasteiger partial charge in [0.1, 0.15) is 0 Å². The van der Waals surface area contributed by atoms with Crippen LogP contribution in [-0.2, 0) is 5.41 Å². The molecule has 0 N–H and O–H groups in total. The Balaban J connectivity index is 1.22. The third-order valence-electron chi connectivity index (χ3n) is 9.63. The maximum Gasteiger partial charge on any atom is 0.160 e. The van der Waals surface area contributed by atoms with Gasteiger partial charge in [-0.15, -0.1) is 0 Å². The van der Waals surface area contributed by atoms with E-state index in [0.29, 0.717) is 5.82 Å². The van der Waals surface area contributed by atoms with Gasteiger partial charge in [0, 0.05) is 26.5 Å². The molecule has 1 aromatic heterocycles. The fourth-order valence-electron chi connectivity index (χ4n) is 7.31. The number of benzene rings is 7. The van der Waals surface area contributed by atoms with Crippen LogP contribution < -0.4 is 0 Å². The summed E-state index contributed by atoms with van der Waals surface area (Å²) < 4.78 is 0. The quantitative estimate of drug-likeness (QED) is 0.178. The standard InChI is InChI=1S/C47H32N2S/c1-5-16-33(17-6-1)42-32-43(34-18-7-2-8-19-34)49-46(48-42)37-21-15-20-35(30-37)36-28-29-45-41(31-36)47(38-22-9-3-10-23-38,39-24-11-4-12-25-39)40-26-13-14-27-44(40)50-45/h1-32H. The second-order valence-corrected chi connectivity index (χ2v) is 13.6. The highest BCUT2D eigenvalue weighted by Gasteiger charge is 2.44. The molecule has 1 aliphatic heterocycles. The molecule has 2 heterocycles. The average molecular weight is 657 g/mol. The van der Waals surface area contributed by atoms with Crippen molar-refractivity contribution in [1.82, 2.24) is 9.97 Å². The van der Waals surface area contributed by atoms with Gasteiger partial charge in [-0.3, -0.25) is 0 Å². The number of hydrogen-bond acceptors (Lipinski definition) is 3. The second-order valence-electron chi connectivity index (χ2n) is 12.6. The third kappa shape index (κ3) is 5.24. The molecule has 0 amide bonds. The van der Waals surface area contributed by atoms with Gasteiger partial charge in [0.05, 0.1) is 16.8 Å². The molecule has 0 saturated carbocycles. The van der Waals surface area contributed by atoms with Crippen LogP contribution >= 0.6 is 11.8 Å². The van der Waals surface area contributed by atoms with Crippen LogP contribution in [0.3, 0.4) is 0 Å².